The van der Waals surface area contributed by atoms with Gasteiger partial charge in [-0.3, -0.25) is 0 Å². The van der Waals surface area contributed by atoms with Gasteiger partial charge in [0.05, 0.1) is 12.5 Å². The van der Waals surface area contributed by atoms with Crippen LogP contribution >= 0.6 is 0 Å². The molecular weight excluding hydrogens is 276 g/mol. The van der Waals surface area contributed by atoms with Crippen LogP contribution in [0.5, 0.6) is 0 Å². The van der Waals surface area contributed by atoms with Gasteiger partial charge in [-0.05, 0) is 24.0 Å². The van der Waals surface area contributed by atoms with Crippen molar-refractivity contribution in [3.63, 3.8) is 0 Å². The van der Waals surface area contributed by atoms with Crippen LogP contribution in [0.1, 0.15) is 54.9 Å². The van der Waals surface area contributed by atoms with Gasteiger partial charge in [0.1, 0.15) is 18.9 Å². The van der Waals surface area contributed by atoms with Gasteiger partial charge in [-0.2, -0.15) is 0 Å². The molecular formula is C18H24N2O2. The molecule has 0 aliphatic rings. The van der Waals surface area contributed by atoms with Crippen molar-refractivity contribution in [2.24, 2.45) is 0 Å². The highest BCUT2D eigenvalue weighted by Gasteiger charge is 2.16. The lowest BCUT2D eigenvalue weighted by Crippen LogP contribution is -2.38. The van der Waals surface area contributed by atoms with E-state index in [-0.39, 0.29) is 5.56 Å². The fourth-order valence-electron chi connectivity index (χ4n) is 2.65. The van der Waals surface area contributed by atoms with E-state index >= 15 is 0 Å². The number of hydrogen-bond donors (Lipinski definition) is 0. The topological polar surface area (TPSA) is 48.9 Å². The van der Waals surface area contributed by atoms with Crippen molar-refractivity contribution >= 4 is 5.97 Å². The lowest BCUT2D eigenvalue weighted by Gasteiger charge is -2.06. The van der Waals surface area contributed by atoms with Crippen LogP contribution in [0, 0.1) is 0 Å². The summed E-state index contributed by atoms with van der Waals surface area (Å²) in [6, 6.07) is 6.94. The number of carboxylic acids is 1. The van der Waals surface area contributed by atoms with Crippen molar-refractivity contribution in [2.45, 2.75) is 52.6 Å². The summed E-state index contributed by atoms with van der Waals surface area (Å²) < 4.78 is 4.59. The number of carbonyl (C=O) groups excluding carboxylic acids is 1. The Morgan fingerprint density at radius 1 is 1.18 bits per heavy atom. The number of nitrogens with zero attached hydrogens (tertiary/aromatic N) is 2. The molecule has 0 N–H and O–H groups in total. The maximum Gasteiger partial charge on any atom is 0.256 e. The van der Waals surface area contributed by atoms with Crippen molar-refractivity contribution < 1.29 is 14.5 Å². The third-order valence-electron chi connectivity index (χ3n) is 3.85. The Balaban J connectivity index is 2.18. The summed E-state index contributed by atoms with van der Waals surface area (Å²) in [5.74, 6) is 0.213. The second-order valence-corrected chi connectivity index (χ2v) is 5.62. The Labute approximate surface area is 132 Å². The van der Waals surface area contributed by atoms with Crippen LogP contribution in [0.25, 0.3) is 0 Å². The lowest BCUT2D eigenvalue weighted by molar-refractivity contribution is -0.695. The average Bonchev–Trinajstić information content (AvgIpc) is 2.88. The van der Waals surface area contributed by atoms with E-state index in [1.807, 2.05) is 12.1 Å². The van der Waals surface area contributed by atoms with Crippen LogP contribution in [0.2, 0.25) is 0 Å². The van der Waals surface area contributed by atoms with Crippen LogP contribution < -0.4 is 9.67 Å². The molecule has 0 aliphatic heterocycles. The first-order valence-corrected chi connectivity index (χ1v) is 8.03. The highest BCUT2D eigenvalue weighted by Crippen LogP contribution is 2.07. The number of hydrogen-bond acceptors (Lipinski definition) is 2. The summed E-state index contributed by atoms with van der Waals surface area (Å²) in [7, 11) is 0. The smallest absolute Gasteiger partial charge is 0.256 e. The third kappa shape index (κ3) is 3.97. The number of carbonyl (C=O) groups is 1. The van der Waals surface area contributed by atoms with Gasteiger partial charge in [0.25, 0.3) is 5.82 Å². The fraction of sp³-hybridized carbons (Fsp3) is 0.444. The van der Waals surface area contributed by atoms with Crippen molar-refractivity contribution in [3.05, 3.63) is 53.6 Å². The molecule has 118 valence electrons. The van der Waals surface area contributed by atoms with Crippen molar-refractivity contribution in [2.75, 3.05) is 0 Å². The number of aromatic carboxylic acids is 1. The number of carboxylic acid groups (broad SMARTS) is 1. The standard InChI is InChI=1S/C18H24N2O2/c1-3-5-6-17-19(11-4-2)12-13-20(17)14-15-7-9-16(10-8-15)18(21)22/h7-10,12-13H,3-6,11,14H2,1-2H3. The largest absolute Gasteiger partial charge is 0.545 e. The van der Waals surface area contributed by atoms with Gasteiger partial charge in [-0.25, -0.2) is 9.13 Å². The normalized spacial score (nSPS) is 10.8. The van der Waals surface area contributed by atoms with E-state index in [9.17, 15) is 9.90 Å². The number of rotatable bonds is 8. The van der Waals surface area contributed by atoms with Gasteiger partial charge in [0.15, 0.2) is 0 Å². The second-order valence-electron chi connectivity index (χ2n) is 5.62. The molecule has 1 aromatic heterocycles. The van der Waals surface area contributed by atoms with Crippen LogP contribution in [0.3, 0.4) is 0 Å². The first-order valence-electron chi connectivity index (χ1n) is 8.03. The predicted molar refractivity (Wildman–Crippen MR) is 83.4 cm³/mol. The van der Waals surface area contributed by atoms with Crippen LogP contribution in [0.4, 0.5) is 0 Å². The molecule has 0 spiro atoms. The maximum atomic E-state index is 10.8. The predicted octanol–water partition coefficient (Wildman–Crippen LogP) is 1.94. The SMILES string of the molecule is CCCCc1n(CCC)cc[n+]1Cc1ccc(C(=O)[O-])cc1. The zero-order valence-corrected chi connectivity index (χ0v) is 13.4. The molecule has 0 amide bonds. The molecule has 2 rings (SSSR count). The van der Waals surface area contributed by atoms with E-state index < -0.39 is 5.97 Å². The van der Waals surface area contributed by atoms with Crippen molar-refractivity contribution in [1.82, 2.24) is 4.57 Å². The Morgan fingerprint density at radius 2 is 1.91 bits per heavy atom. The van der Waals surface area contributed by atoms with Gasteiger partial charge < -0.3 is 9.90 Å². The van der Waals surface area contributed by atoms with Crippen LogP contribution in [-0.4, -0.2) is 10.5 Å². The van der Waals surface area contributed by atoms with E-state index in [1.54, 1.807) is 12.1 Å². The van der Waals surface area contributed by atoms with E-state index in [2.05, 4.69) is 35.4 Å². The highest BCUT2D eigenvalue weighted by molar-refractivity contribution is 5.85. The molecule has 0 radical (unpaired) electrons. The van der Waals surface area contributed by atoms with Gasteiger partial charge in [0, 0.05) is 6.42 Å². The summed E-state index contributed by atoms with van der Waals surface area (Å²) >= 11 is 0. The molecule has 0 atom stereocenters. The molecule has 0 unspecified atom stereocenters. The third-order valence-corrected chi connectivity index (χ3v) is 3.85. The molecule has 0 bridgehead atoms. The Morgan fingerprint density at radius 3 is 2.50 bits per heavy atom. The molecule has 0 fully saturated rings. The first-order chi connectivity index (χ1) is 10.7. The molecule has 2 aromatic rings. The highest BCUT2D eigenvalue weighted by atomic mass is 16.4. The summed E-state index contributed by atoms with van der Waals surface area (Å²) in [6.07, 6.45) is 8.81. The average molecular weight is 300 g/mol. The Hall–Kier alpha value is -2.10. The van der Waals surface area contributed by atoms with Crippen LogP contribution in [0.15, 0.2) is 36.7 Å². The van der Waals surface area contributed by atoms with E-state index in [0.29, 0.717) is 0 Å². The molecule has 0 saturated heterocycles. The molecule has 1 aromatic carbocycles. The number of aryl methyl sites for hydroxylation is 1. The van der Waals surface area contributed by atoms with Gasteiger partial charge in [0.2, 0.25) is 0 Å². The summed E-state index contributed by atoms with van der Waals surface area (Å²) in [5, 5.41) is 10.8. The number of aromatic nitrogens is 2. The van der Waals surface area contributed by atoms with Gasteiger partial charge in [-0.1, -0.05) is 44.5 Å². The number of benzene rings is 1. The molecule has 0 aliphatic carbocycles. The van der Waals surface area contributed by atoms with Crippen LogP contribution in [-0.2, 0) is 19.5 Å². The van der Waals surface area contributed by atoms with Crippen molar-refractivity contribution in [1.29, 1.82) is 0 Å². The second kappa shape index (κ2) is 7.78. The maximum absolute atomic E-state index is 10.8. The molecule has 4 heteroatoms. The summed E-state index contributed by atoms with van der Waals surface area (Å²) in [4.78, 5) is 10.8. The number of unbranched alkanes of at least 4 members (excludes halogenated alkanes) is 1. The zero-order valence-electron chi connectivity index (χ0n) is 13.4. The lowest BCUT2D eigenvalue weighted by atomic mass is 10.1. The van der Waals surface area contributed by atoms with Crippen molar-refractivity contribution in [3.8, 4) is 0 Å². The Kier molecular flexibility index (Phi) is 5.75. The Bertz CT molecular complexity index is 615. The zero-order chi connectivity index (χ0) is 15.9. The molecule has 0 saturated carbocycles. The quantitative estimate of drug-likeness (QED) is 0.700. The van der Waals surface area contributed by atoms with Gasteiger partial charge in [-0.15, -0.1) is 0 Å². The summed E-state index contributed by atoms with van der Waals surface area (Å²) in [5.41, 5.74) is 1.32. The monoisotopic (exact) mass is 300 g/mol. The minimum Gasteiger partial charge on any atom is -0.545 e. The minimum absolute atomic E-state index is 0.225. The molecule has 22 heavy (non-hydrogen) atoms. The van der Waals surface area contributed by atoms with Gasteiger partial charge >= 0.3 is 0 Å². The summed E-state index contributed by atoms with van der Waals surface area (Å²) in [6.45, 7) is 6.20. The van der Waals surface area contributed by atoms with E-state index in [1.165, 1.54) is 18.7 Å². The van der Waals surface area contributed by atoms with E-state index in [0.717, 1.165) is 31.5 Å². The first kappa shape index (κ1) is 16.3. The molecule has 1 heterocycles. The minimum atomic E-state index is -1.13. The molecule has 4 nitrogen and oxygen atoms in total. The number of imidazole rings is 1. The fourth-order valence-corrected chi connectivity index (χ4v) is 2.65. The van der Waals surface area contributed by atoms with E-state index in [4.69, 9.17) is 0 Å².